The summed E-state index contributed by atoms with van der Waals surface area (Å²) in [5.41, 5.74) is 1.39. The molecule has 1 aromatic rings. The summed E-state index contributed by atoms with van der Waals surface area (Å²) in [5, 5.41) is 10.9. The van der Waals surface area contributed by atoms with Gasteiger partial charge in [-0.25, -0.2) is 0 Å². The number of hydrogen-bond donors (Lipinski definition) is 2. The van der Waals surface area contributed by atoms with Gasteiger partial charge in [0.05, 0.1) is 6.61 Å². The van der Waals surface area contributed by atoms with Crippen LogP contribution in [0.25, 0.3) is 0 Å². The van der Waals surface area contributed by atoms with Gasteiger partial charge < -0.3 is 14.7 Å². The van der Waals surface area contributed by atoms with E-state index in [0.29, 0.717) is 37.3 Å². The smallest absolute Gasteiger partial charge is 0.303 e. The average Bonchev–Trinajstić information content (AvgIpc) is 3.00. The Hall–Kier alpha value is -2.90. The molecule has 8 nitrogen and oxygen atoms in total. The zero-order valence-corrected chi connectivity index (χ0v) is 16.3. The van der Waals surface area contributed by atoms with Gasteiger partial charge in [0.25, 0.3) is 5.91 Å². The van der Waals surface area contributed by atoms with Crippen molar-refractivity contribution in [2.75, 3.05) is 6.61 Å². The molecule has 156 valence electrons. The number of hydrogen-bond acceptors (Lipinski definition) is 5. The first-order valence-corrected chi connectivity index (χ1v) is 10.1. The third kappa shape index (κ3) is 5.34. The summed E-state index contributed by atoms with van der Waals surface area (Å²) in [5.74, 6) is -1.06. The number of benzene rings is 1. The molecule has 1 fully saturated rings. The van der Waals surface area contributed by atoms with Crippen molar-refractivity contribution in [3.63, 3.8) is 0 Å². The highest BCUT2D eigenvalue weighted by molar-refractivity contribution is 6.05. The summed E-state index contributed by atoms with van der Waals surface area (Å²) >= 11 is 0. The number of nitrogens with zero attached hydrogens (tertiary/aromatic N) is 1. The molecule has 0 aromatic heterocycles. The van der Waals surface area contributed by atoms with Crippen LogP contribution in [0.2, 0.25) is 0 Å². The Morgan fingerprint density at radius 3 is 2.66 bits per heavy atom. The molecule has 1 unspecified atom stereocenters. The molecule has 2 aliphatic rings. The Morgan fingerprint density at radius 1 is 1.14 bits per heavy atom. The molecule has 1 saturated heterocycles. The topological polar surface area (TPSA) is 113 Å². The molecule has 1 atom stereocenters. The Morgan fingerprint density at radius 2 is 1.90 bits per heavy atom. The van der Waals surface area contributed by atoms with Crippen LogP contribution < -0.4 is 10.1 Å². The molecule has 1 aromatic carbocycles. The van der Waals surface area contributed by atoms with E-state index in [1.165, 1.54) is 4.90 Å². The van der Waals surface area contributed by atoms with Crippen molar-refractivity contribution in [3.05, 3.63) is 29.3 Å². The molecule has 3 rings (SSSR count). The molecule has 0 bridgehead atoms. The minimum absolute atomic E-state index is 0.210. The summed E-state index contributed by atoms with van der Waals surface area (Å²) in [6.07, 6.45) is 5.20. The van der Waals surface area contributed by atoms with Crippen LogP contribution >= 0.6 is 0 Å². The zero-order chi connectivity index (χ0) is 20.8. The number of amides is 3. The van der Waals surface area contributed by atoms with Gasteiger partial charge in [0.15, 0.2) is 0 Å². The fourth-order valence-electron chi connectivity index (χ4n) is 3.72. The Labute approximate surface area is 169 Å². The van der Waals surface area contributed by atoms with E-state index in [1.54, 1.807) is 6.07 Å². The van der Waals surface area contributed by atoms with Gasteiger partial charge in [-0.05, 0) is 37.0 Å². The lowest BCUT2D eigenvalue weighted by Crippen LogP contribution is -2.52. The maximum atomic E-state index is 12.8. The maximum Gasteiger partial charge on any atom is 0.303 e. The largest absolute Gasteiger partial charge is 0.494 e. The molecule has 0 aliphatic carbocycles. The second kappa shape index (κ2) is 9.54. The lowest BCUT2D eigenvalue weighted by atomic mass is 10.0. The number of carbonyl (C=O) groups excluding carboxylic acids is 3. The number of rotatable bonds is 10. The molecule has 0 spiro atoms. The number of fused-ring (bicyclic) bond motifs is 1. The molecule has 2 aliphatic heterocycles. The standard InChI is InChI=1S/C21H26N2O6/c24-18-10-9-17(20(27)22-18)23-13-14-7-8-15(12-16(14)21(23)28)29-11-5-3-1-2-4-6-19(25)26/h7-8,12,17H,1-6,9-11,13H2,(H,25,26)(H,22,24,27). The first kappa shape index (κ1) is 20.8. The summed E-state index contributed by atoms with van der Waals surface area (Å²) in [7, 11) is 0. The van der Waals surface area contributed by atoms with Gasteiger partial charge >= 0.3 is 5.97 Å². The number of piperidine rings is 1. The monoisotopic (exact) mass is 402 g/mol. The van der Waals surface area contributed by atoms with E-state index in [-0.39, 0.29) is 24.7 Å². The van der Waals surface area contributed by atoms with Crippen molar-refractivity contribution >= 4 is 23.7 Å². The SMILES string of the molecule is O=C(O)CCCCCCCOc1ccc2c(c1)C(=O)N(C1CCC(=O)NC1=O)C2. The maximum absolute atomic E-state index is 12.8. The zero-order valence-electron chi connectivity index (χ0n) is 16.3. The number of ether oxygens (including phenoxy) is 1. The fourth-order valence-corrected chi connectivity index (χ4v) is 3.72. The number of imide groups is 1. The number of nitrogens with one attached hydrogen (secondary N) is 1. The van der Waals surface area contributed by atoms with Gasteiger partial charge in [-0.1, -0.05) is 25.3 Å². The number of unbranched alkanes of at least 4 members (excludes halogenated alkanes) is 4. The number of carboxylic acid groups (broad SMARTS) is 1. The van der Waals surface area contributed by atoms with Crippen LogP contribution in [0, 0.1) is 0 Å². The summed E-state index contributed by atoms with van der Waals surface area (Å²) in [6, 6.07) is 4.78. The van der Waals surface area contributed by atoms with E-state index < -0.39 is 17.9 Å². The molecular weight excluding hydrogens is 376 g/mol. The van der Waals surface area contributed by atoms with Gasteiger partial charge in [0.1, 0.15) is 11.8 Å². The van der Waals surface area contributed by atoms with E-state index >= 15 is 0 Å². The lowest BCUT2D eigenvalue weighted by molar-refractivity contribution is -0.138. The lowest BCUT2D eigenvalue weighted by Gasteiger charge is -2.29. The Bertz CT molecular complexity index is 806. The predicted molar refractivity (Wildman–Crippen MR) is 103 cm³/mol. The fraction of sp³-hybridized carbons (Fsp3) is 0.524. The van der Waals surface area contributed by atoms with Crippen LogP contribution in [-0.2, 0) is 20.9 Å². The van der Waals surface area contributed by atoms with E-state index in [9.17, 15) is 19.2 Å². The first-order chi connectivity index (χ1) is 14.0. The summed E-state index contributed by atoms with van der Waals surface area (Å²) in [4.78, 5) is 48.1. The number of carboxylic acids is 1. The van der Waals surface area contributed by atoms with Crippen LogP contribution in [0.4, 0.5) is 0 Å². The second-order valence-electron chi connectivity index (χ2n) is 7.48. The third-order valence-corrected chi connectivity index (χ3v) is 5.30. The Balaban J connectivity index is 1.46. The minimum Gasteiger partial charge on any atom is -0.494 e. The van der Waals surface area contributed by atoms with E-state index in [0.717, 1.165) is 31.2 Å². The highest BCUT2D eigenvalue weighted by atomic mass is 16.5. The van der Waals surface area contributed by atoms with Crippen LogP contribution in [0.3, 0.4) is 0 Å². The normalized spacial score (nSPS) is 18.6. The van der Waals surface area contributed by atoms with Crippen LogP contribution in [0.1, 0.15) is 67.3 Å². The Kier molecular flexibility index (Phi) is 6.85. The first-order valence-electron chi connectivity index (χ1n) is 10.1. The third-order valence-electron chi connectivity index (χ3n) is 5.30. The van der Waals surface area contributed by atoms with E-state index in [2.05, 4.69) is 5.32 Å². The highest BCUT2D eigenvalue weighted by Gasteiger charge is 2.39. The molecule has 3 amide bonds. The van der Waals surface area contributed by atoms with E-state index in [4.69, 9.17) is 9.84 Å². The van der Waals surface area contributed by atoms with Crippen molar-refractivity contribution < 1.29 is 29.0 Å². The number of aliphatic carboxylic acids is 1. The van der Waals surface area contributed by atoms with Gasteiger partial charge in [-0.2, -0.15) is 0 Å². The van der Waals surface area contributed by atoms with Crippen LogP contribution in [0.15, 0.2) is 18.2 Å². The van der Waals surface area contributed by atoms with Crippen molar-refractivity contribution in [2.24, 2.45) is 0 Å². The molecule has 2 heterocycles. The van der Waals surface area contributed by atoms with Crippen molar-refractivity contribution in [1.29, 1.82) is 0 Å². The predicted octanol–water partition coefficient (Wildman–Crippen LogP) is 2.25. The quantitative estimate of drug-likeness (QED) is 0.458. The molecule has 2 N–H and O–H groups in total. The molecule has 0 saturated carbocycles. The van der Waals surface area contributed by atoms with Crippen molar-refractivity contribution in [1.82, 2.24) is 10.2 Å². The summed E-state index contributed by atoms with van der Waals surface area (Å²) in [6.45, 7) is 0.889. The van der Waals surface area contributed by atoms with E-state index in [1.807, 2.05) is 12.1 Å². The highest BCUT2D eigenvalue weighted by Crippen LogP contribution is 2.30. The van der Waals surface area contributed by atoms with Gasteiger partial charge in [-0.3, -0.25) is 24.5 Å². The van der Waals surface area contributed by atoms with Gasteiger partial charge in [-0.15, -0.1) is 0 Å². The van der Waals surface area contributed by atoms with Gasteiger partial charge in [0.2, 0.25) is 11.8 Å². The molecule has 29 heavy (non-hydrogen) atoms. The van der Waals surface area contributed by atoms with Gasteiger partial charge in [0, 0.05) is 24.9 Å². The van der Waals surface area contributed by atoms with Crippen molar-refractivity contribution in [2.45, 2.75) is 64.0 Å². The minimum atomic E-state index is -0.754. The summed E-state index contributed by atoms with van der Waals surface area (Å²) < 4.78 is 5.75. The molecular formula is C21H26N2O6. The second-order valence-corrected chi connectivity index (χ2v) is 7.48. The van der Waals surface area contributed by atoms with Crippen LogP contribution in [0.5, 0.6) is 5.75 Å². The number of carbonyl (C=O) groups is 4. The van der Waals surface area contributed by atoms with Crippen LogP contribution in [-0.4, -0.2) is 46.3 Å². The van der Waals surface area contributed by atoms with Crippen molar-refractivity contribution in [3.8, 4) is 5.75 Å². The molecule has 0 radical (unpaired) electrons. The molecule has 8 heteroatoms. The average molecular weight is 402 g/mol.